The van der Waals surface area contributed by atoms with Crippen molar-refractivity contribution in [2.75, 3.05) is 5.73 Å². The molecule has 0 spiro atoms. The molecule has 0 radical (unpaired) electrons. The number of hydrogen-bond donors (Lipinski definition) is 2. The second kappa shape index (κ2) is 5.39. The van der Waals surface area contributed by atoms with Crippen molar-refractivity contribution in [3.05, 3.63) is 59.2 Å². The van der Waals surface area contributed by atoms with E-state index < -0.39 is 5.82 Å². The van der Waals surface area contributed by atoms with Gasteiger partial charge in [-0.15, -0.1) is 0 Å². The second-order valence-corrected chi connectivity index (χ2v) is 4.04. The van der Waals surface area contributed by atoms with E-state index in [0.29, 0.717) is 16.7 Å². The van der Waals surface area contributed by atoms with Crippen LogP contribution in [0.15, 0.2) is 36.7 Å². The van der Waals surface area contributed by atoms with Crippen molar-refractivity contribution in [2.45, 2.75) is 6.42 Å². The molecule has 5 heteroatoms. The summed E-state index contributed by atoms with van der Waals surface area (Å²) in [5.74, 6) is -0.645. The highest BCUT2D eigenvalue weighted by molar-refractivity contribution is 5.99. The Kier molecular flexibility index (Phi) is 3.66. The van der Waals surface area contributed by atoms with Crippen molar-refractivity contribution in [1.82, 2.24) is 4.98 Å². The van der Waals surface area contributed by atoms with Crippen molar-refractivity contribution in [3.63, 3.8) is 0 Å². The SMILES string of the molecule is Nc1c(F)ccc(CC(=O)c2ccncc2)c1C=[NH2+]. The Bertz CT molecular complexity index is 626. The fourth-order valence-electron chi connectivity index (χ4n) is 1.82. The molecular formula is C14H13FN3O+. The number of ketones is 1. The summed E-state index contributed by atoms with van der Waals surface area (Å²) in [5, 5.41) is 5.44. The van der Waals surface area contributed by atoms with Gasteiger partial charge in [0, 0.05) is 24.4 Å². The Morgan fingerprint density at radius 3 is 2.63 bits per heavy atom. The standard InChI is InChI=1S/C14H12FN3O/c15-12-2-1-10(11(8-16)14(12)17)7-13(19)9-3-5-18-6-4-9/h1-6,8,16H,7,17H2/p+1. The van der Waals surface area contributed by atoms with Gasteiger partial charge < -0.3 is 5.73 Å². The maximum absolute atomic E-state index is 13.3. The van der Waals surface area contributed by atoms with Crippen LogP contribution in [0.1, 0.15) is 21.5 Å². The predicted octanol–water partition coefficient (Wildman–Crippen LogP) is 0.406. The highest BCUT2D eigenvalue weighted by Gasteiger charge is 2.14. The van der Waals surface area contributed by atoms with Crippen LogP contribution < -0.4 is 11.1 Å². The van der Waals surface area contributed by atoms with E-state index in [-0.39, 0.29) is 17.9 Å². The van der Waals surface area contributed by atoms with Gasteiger partial charge in [-0.1, -0.05) is 6.07 Å². The minimum Gasteiger partial charge on any atom is -0.396 e. The summed E-state index contributed by atoms with van der Waals surface area (Å²) in [6.07, 6.45) is 4.41. The van der Waals surface area contributed by atoms with Gasteiger partial charge in [-0.2, -0.15) is 0 Å². The number of anilines is 1. The first-order valence-electron chi connectivity index (χ1n) is 5.68. The van der Waals surface area contributed by atoms with Crippen molar-refractivity contribution < 1.29 is 14.6 Å². The van der Waals surface area contributed by atoms with Gasteiger partial charge in [0.15, 0.2) is 12.0 Å². The zero-order valence-electron chi connectivity index (χ0n) is 10.1. The van der Waals surface area contributed by atoms with E-state index in [1.165, 1.54) is 18.3 Å². The summed E-state index contributed by atoms with van der Waals surface area (Å²) in [6.45, 7) is 0. The number of carbonyl (C=O) groups excluding carboxylic acids is 1. The number of rotatable bonds is 4. The highest BCUT2D eigenvalue weighted by atomic mass is 19.1. The van der Waals surface area contributed by atoms with Crippen LogP contribution in [-0.2, 0) is 6.42 Å². The number of nitrogens with two attached hydrogens (primary N) is 2. The lowest BCUT2D eigenvalue weighted by Gasteiger charge is -2.07. The average Bonchev–Trinajstić information content (AvgIpc) is 2.44. The Balaban J connectivity index is 2.32. The van der Waals surface area contributed by atoms with Crippen molar-refractivity contribution >= 4 is 17.7 Å². The van der Waals surface area contributed by atoms with Crippen LogP contribution in [0.25, 0.3) is 0 Å². The van der Waals surface area contributed by atoms with Crippen LogP contribution in [0.5, 0.6) is 0 Å². The summed E-state index contributed by atoms with van der Waals surface area (Å²) < 4.78 is 13.3. The number of benzene rings is 1. The van der Waals surface area contributed by atoms with Gasteiger partial charge in [-0.3, -0.25) is 15.2 Å². The smallest absolute Gasteiger partial charge is 0.169 e. The fourth-order valence-corrected chi connectivity index (χ4v) is 1.82. The van der Waals surface area contributed by atoms with Crippen LogP contribution in [0, 0.1) is 5.82 Å². The maximum Gasteiger partial charge on any atom is 0.169 e. The van der Waals surface area contributed by atoms with E-state index in [0.717, 1.165) is 0 Å². The second-order valence-electron chi connectivity index (χ2n) is 4.04. The molecule has 96 valence electrons. The third-order valence-corrected chi connectivity index (χ3v) is 2.84. The molecule has 0 amide bonds. The van der Waals surface area contributed by atoms with Gasteiger partial charge in [0.05, 0.1) is 11.3 Å². The molecule has 0 unspecified atom stereocenters. The quantitative estimate of drug-likeness (QED) is 0.473. The van der Waals surface area contributed by atoms with Gasteiger partial charge in [-0.05, 0) is 23.8 Å². The summed E-state index contributed by atoms with van der Waals surface area (Å²) in [7, 11) is 0. The molecule has 0 saturated carbocycles. The summed E-state index contributed by atoms with van der Waals surface area (Å²) in [5.41, 5.74) is 7.07. The lowest BCUT2D eigenvalue weighted by molar-refractivity contribution is -0.104. The molecule has 0 aliphatic heterocycles. The van der Waals surface area contributed by atoms with Gasteiger partial charge in [0.1, 0.15) is 5.82 Å². The average molecular weight is 258 g/mol. The molecule has 0 atom stereocenters. The van der Waals surface area contributed by atoms with Gasteiger partial charge in [0.2, 0.25) is 0 Å². The van der Waals surface area contributed by atoms with E-state index >= 15 is 0 Å². The molecule has 2 aromatic rings. The van der Waals surface area contributed by atoms with E-state index in [2.05, 4.69) is 4.98 Å². The van der Waals surface area contributed by atoms with E-state index in [9.17, 15) is 9.18 Å². The minimum absolute atomic E-state index is 0.0393. The molecule has 2 rings (SSSR count). The molecule has 0 bridgehead atoms. The Labute approximate surface area is 109 Å². The Morgan fingerprint density at radius 2 is 2.00 bits per heavy atom. The first kappa shape index (κ1) is 12.9. The zero-order chi connectivity index (χ0) is 13.8. The number of halogens is 1. The first-order valence-corrected chi connectivity index (χ1v) is 5.68. The summed E-state index contributed by atoms with van der Waals surface area (Å²) in [4.78, 5) is 15.9. The number of nitrogens with zero attached hydrogens (tertiary/aromatic N) is 1. The number of pyridine rings is 1. The molecule has 1 aromatic carbocycles. The topological polar surface area (TPSA) is 81.6 Å². The number of Topliss-reactive ketones (excluding diaryl/α,β-unsaturated/α-hetero) is 1. The van der Waals surface area contributed by atoms with Crippen LogP contribution in [0.3, 0.4) is 0 Å². The molecule has 0 aliphatic carbocycles. The van der Waals surface area contributed by atoms with Crippen LogP contribution in [0.4, 0.5) is 10.1 Å². The molecule has 4 nitrogen and oxygen atoms in total. The number of nitrogen functional groups attached to an aromatic ring is 1. The molecule has 0 aliphatic rings. The fraction of sp³-hybridized carbons (Fsp3) is 0.0714. The van der Waals surface area contributed by atoms with E-state index in [4.69, 9.17) is 11.1 Å². The molecule has 4 N–H and O–H groups in total. The van der Waals surface area contributed by atoms with E-state index in [1.807, 2.05) is 0 Å². The Morgan fingerprint density at radius 1 is 1.32 bits per heavy atom. The molecule has 1 aromatic heterocycles. The van der Waals surface area contributed by atoms with Crippen LogP contribution >= 0.6 is 0 Å². The zero-order valence-corrected chi connectivity index (χ0v) is 10.1. The first-order chi connectivity index (χ1) is 9.13. The number of carbonyl (C=O) groups is 1. The minimum atomic E-state index is -0.545. The van der Waals surface area contributed by atoms with E-state index in [1.54, 1.807) is 24.5 Å². The van der Waals surface area contributed by atoms with Gasteiger partial charge >= 0.3 is 0 Å². The Hall–Kier alpha value is -2.56. The van der Waals surface area contributed by atoms with Gasteiger partial charge in [0.25, 0.3) is 0 Å². The third kappa shape index (κ3) is 2.65. The van der Waals surface area contributed by atoms with Crippen molar-refractivity contribution in [1.29, 1.82) is 0 Å². The van der Waals surface area contributed by atoms with Crippen molar-refractivity contribution in [3.8, 4) is 0 Å². The number of aromatic nitrogens is 1. The molecule has 0 fully saturated rings. The normalized spacial score (nSPS) is 10.2. The number of hydrogen-bond acceptors (Lipinski definition) is 3. The molecule has 19 heavy (non-hydrogen) atoms. The molecule has 1 heterocycles. The third-order valence-electron chi connectivity index (χ3n) is 2.84. The largest absolute Gasteiger partial charge is 0.396 e. The molecular weight excluding hydrogens is 245 g/mol. The maximum atomic E-state index is 13.3. The monoisotopic (exact) mass is 258 g/mol. The lowest BCUT2D eigenvalue weighted by Crippen LogP contribution is -2.31. The van der Waals surface area contributed by atoms with Crippen LogP contribution in [0.2, 0.25) is 0 Å². The lowest BCUT2D eigenvalue weighted by atomic mass is 9.98. The summed E-state index contributed by atoms with van der Waals surface area (Å²) >= 11 is 0. The molecule has 0 saturated heterocycles. The highest BCUT2D eigenvalue weighted by Crippen LogP contribution is 2.20. The van der Waals surface area contributed by atoms with Gasteiger partial charge in [-0.25, -0.2) is 4.39 Å². The van der Waals surface area contributed by atoms with Crippen LogP contribution in [-0.4, -0.2) is 17.0 Å². The van der Waals surface area contributed by atoms with Crippen molar-refractivity contribution in [2.24, 2.45) is 0 Å². The predicted molar refractivity (Wildman–Crippen MR) is 70.2 cm³/mol. The summed E-state index contributed by atoms with van der Waals surface area (Å²) in [6, 6.07) is 6.00.